The zero-order chi connectivity index (χ0) is 13.7. The van der Waals surface area contributed by atoms with Crippen molar-refractivity contribution in [3.63, 3.8) is 0 Å². The largest absolute Gasteiger partial charge is 0.369 e. The zero-order valence-corrected chi connectivity index (χ0v) is 12.2. The Kier molecular flexibility index (Phi) is 2.87. The number of hydrogen-bond donors (Lipinski definition) is 1. The highest BCUT2D eigenvalue weighted by atomic mass is 15.3. The van der Waals surface area contributed by atoms with Gasteiger partial charge in [-0.3, -0.25) is 9.25 Å². The molecule has 0 radical (unpaired) electrons. The van der Waals surface area contributed by atoms with Crippen LogP contribution >= 0.6 is 0 Å². The molecule has 5 heteroatoms. The van der Waals surface area contributed by atoms with E-state index < -0.39 is 0 Å². The molecule has 0 aliphatic rings. The average molecular weight is 249 g/mol. The van der Waals surface area contributed by atoms with E-state index in [1.807, 2.05) is 18.7 Å². The summed E-state index contributed by atoms with van der Waals surface area (Å²) >= 11 is 0. The van der Waals surface area contributed by atoms with Crippen molar-refractivity contribution in [1.82, 2.24) is 19.3 Å². The van der Waals surface area contributed by atoms with Crippen LogP contribution in [0.5, 0.6) is 0 Å². The molecule has 5 nitrogen and oxygen atoms in total. The number of imidazole rings is 1. The molecule has 100 valence electrons. The monoisotopic (exact) mass is 249 g/mol. The molecular weight excluding hydrogens is 226 g/mol. The van der Waals surface area contributed by atoms with Crippen LogP contribution in [0.3, 0.4) is 0 Å². The van der Waals surface area contributed by atoms with Gasteiger partial charge in [0.05, 0.1) is 5.69 Å². The van der Waals surface area contributed by atoms with E-state index >= 15 is 0 Å². The lowest BCUT2D eigenvalue weighted by atomic mass is 9.82. The fraction of sp³-hybridized carbons (Fsp3) is 0.692. The Morgan fingerprint density at radius 3 is 2.50 bits per heavy atom. The lowest BCUT2D eigenvalue weighted by Crippen LogP contribution is -2.23. The Morgan fingerprint density at radius 1 is 1.33 bits per heavy atom. The van der Waals surface area contributed by atoms with Gasteiger partial charge in [-0.25, -0.2) is 4.98 Å². The summed E-state index contributed by atoms with van der Waals surface area (Å²) in [7, 11) is 1.94. The Morgan fingerprint density at radius 2 is 1.94 bits per heavy atom. The molecule has 0 aliphatic carbocycles. The standard InChI is InChI=1S/C13H23N5/c1-8(13(3,4)5)7-18-11-10(15-12(18)14)9(2)16-17(11)6/h8H,7H2,1-6H3,(H2,14,15). The van der Waals surface area contributed by atoms with Gasteiger partial charge in [0.15, 0.2) is 5.65 Å². The second-order valence-electron chi connectivity index (χ2n) is 6.23. The fourth-order valence-electron chi connectivity index (χ4n) is 2.08. The van der Waals surface area contributed by atoms with Crippen molar-refractivity contribution < 1.29 is 0 Å². The second-order valence-corrected chi connectivity index (χ2v) is 6.23. The number of anilines is 1. The van der Waals surface area contributed by atoms with Gasteiger partial charge in [-0.05, 0) is 18.3 Å². The van der Waals surface area contributed by atoms with Crippen LogP contribution in [0.15, 0.2) is 0 Å². The molecule has 0 aromatic carbocycles. The van der Waals surface area contributed by atoms with Gasteiger partial charge in [-0.1, -0.05) is 27.7 Å². The molecular formula is C13H23N5. The van der Waals surface area contributed by atoms with Crippen LogP contribution in [0, 0.1) is 18.3 Å². The summed E-state index contributed by atoms with van der Waals surface area (Å²) in [5.74, 6) is 1.09. The average Bonchev–Trinajstić information content (AvgIpc) is 2.67. The van der Waals surface area contributed by atoms with E-state index in [1.165, 1.54) is 0 Å². The fourth-order valence-corrected chi connectivity index (χ4v) is 2.08. The van der Waals surface area contributed by atoms with Crippen LogP contribution < -0.4 is 5.73 Å². The van der Waals surface area contributed by atoms with Gasteiger partial charge in [0.1, 0.15) is 5.52 Å². The number of aryl methyl sites for hydroxylation is 2. The van der Waals surface area contributed by atoms with Crippen molar-refractivity contribution >= 4 is 17.1 Å². The van der Waals surface area contributed by atoms with Gasteiger partial charge >= 0.3 is 0 Å². The summed E-state index contributed by atoms with van der Waals surface area (Å²) in [6.07, 6.45) is 0. The molecule has 0 saturated carbocycles. The van der Waals surface area contributed by atoms with Crippen LogP contribution in [0.4, 0.5) is 5.95 Å². The van der Waals surface area contributed by atoms with E-state index in [9.17, 15) is 0 Å². The highest BCUT2D eigenvalue weighted by molar-refractivity contribution is 5.77. The first-order valence-corrected chi connectivity index (χ1v) is 6.37. The first-order chi connectivity index (χ1) is 8.21. The minimum atomic E-state index is 0.247. The van der Waals surface area contributed by atoms with Crippen LogP contribution in [-0.2, 0) is 13.6 Å². The van der Waals surface area contributed by atoms with Crippen molar-refractivity contribution in [2.75, 3.05) is 5.73 Å². The van der Waals surface area contributed by atoms with Crippen molar-refractivity contribution in [2.45, 2.75) is 41.2 Å². The third-order valence-electron chi connectivity index (χ3n) is 3.85. The molecule has 0 spiro atoms. The predicted molar refractivity (Wildman–Crippen MR) is 74.3 cm³/mol. The van der Waals surface area contributed by atoms with E-state index in [4.69, 9.17) is 5.73 Å². The molecule has 1 unspecified atom stereocenters. The zero-order valence-electron chi connectivity index (χ0n) is 12.2. The highest BCUT2D eigenvalue weighted by Gasteiger charge is 2.23. The van der Waals surface area contributed by atoms with E-state index in [2.05, 4.69) is 42.3 Å². The third kappa shape index (κ3) is 1.98. The predicted octanol–water partition coefficient (Wildman–Crippen LogP) is 2.34. The van der Waals surface area contributed by atoms with Gasteiger partial charge in [0.2, 0.25) is 5.95 Å². The van der Waals surface area contributed by atoms with Crippen molar-refractivity contribution in [3.8, 4) is 0 Å². The lowest BCUT2D eigenvalue weighted by Gasteiger charge is -2.27. The Labute approximate surface area is 108 Å². The summed E-state index contributed by atoms with van der Waals surface area (Å²) in [6, 6.07) is 0. The molecule has 0 saturated heterocycles. The van der Waals surface area contributed by atoms with Crippen molar-refractivity contribution in [1.29, 1.82) is 0 Å². The summed E-state index contributed by atoms with van der Waals surface area (Å²) in [4.78, 5) is 4.43. The summed E-state index contributed by atoms with van der Waals surface area (Å²) in [5.41, 5.74) is 9.14. The maximum atomic E-state index is 6.04. The molecule has 2 N–H and O–H groups in total. The van der Waals surface area contributed by atoms with Gasteiger partial charge in [-0.15, -0.1) is 0 Å². The van der Waals surface area contributed by atoms with Crippen molar-refractivity contribution in [2.24, 2.45) is 18.4 Å². The summed E-state index contributed by atoms with van der Waals surface area (Å²) < 4.78 is 3.94. The van der Waals surface area contributed by atoms with Crippen LogP contribution in [0.2, 0.25) is 0 Å². The molecule has 1 atom stereocenters. The van der Waals surface area contributed by atoms with E-state index in [0.717, 1.165) is 23.4 Å². The Bertz CT molecular complexity index is 570. The van der Waals surface area contributed by atoms with E-state index in [-0.39, 0.29) is 5.41 Å². The minimum absolute atomic E-state index is 0.247. The third-order valence-corrected chi connectivity index (χ3v) is 3.85. The second kappa shape index (κ2) is 4.00. The summed E-state index contributed by atoms with van der Waals surface area (Å²) in [5, 5.41) is 4.40. The van der Waals surface area contributed by atoms with Gasteiger partial charge < -0.3 is 5.73 Å². The molecule has 0 fully saturated rings. The molecule has 2 aromatic rings. The van der Waals surface area contributed by atoms with Gasteiger partial charge in [0.25, 0.3) is 0 Å². The van der Waals surface area contributed by atoms with Gasteiger partial charge in [0, 0.05) is 13.6 Å². The maximum Gasteiger partial charge on any atom is 0.202 e. The van der Waals surface area contributed by atoms with Crippen LogP contribution in [0.25, 0.3) is 11.2 Å². The van der Waals surface area contributed by atoms with Crippen molar-refractivity contribution in [3.05, 3.63) is 5.69 Å². The number of nitrogens with two attached hydrogens (primary N) is 1. The molecule has 2 aromatic heterocycles. The first-order valence-electron chi connectivity index (χ1n) is 6.37. The van der Waals surface area contributed by atoms with E-state index in [1.54, 1.807) is 0 Å². The number of nitrogen functional groups attached to an aromatic ring is 1. The normalized spacial score (nSPS) is 14.3. The number of aromatic nitrogens is 4. The quantitative estimate of drug-likeness (QED) is 0.888. The smallest absolute Gasteiger partial charge is 0.202 e. The minimum Gasteiger partial charge on any atom is -0.369 e. The number of fused-ring (bicyclic) bond motifs is 1. The number of hydrogen-bond acceptors (Lipinski definition) is 3. The van der Waals surface area contributed by atoms with Crippen LogP contribution in [0.1, 0.15) is 33.4 Å². The Hall–Kier alpha value is -1.52. The van der Waals surface area contributed by atoms with Gasteiger partial charge in [-0.2, -0.15) is 5.10 Å². The summed E-state index contributed by atoms with van der Waals surface area (Å²) in [6.45, 7) is 11.8. The molecule has 2 rings (SSSR count). The molecule has 2 heterocycles. The SMILES string of the molecule is Cc1nn(C)c2c1nc(N)n2CC(C)C(C)(C)C. The Balaban J connectivity index is 2.48. The highest BCUT2D eigenvalue weighted by Crippen LogP contribution is 2.29. The maximum absolute atomic E-state index is 6.04. The molecule has 0 aliphatic heterocycles. The molecule has 18 heavy (non-hydrogen) atoms. The topological polar surface area (TPSA) is 61.7 Å². The number of rotatable bonds is 2. The molecule has 0 amide bonds. The van der Waals surface area contributed by atoms with Crippen LogP contribution in [-0.4, -0.2) is 19.3 Å². The van der Waals surface area contributed by atoms with E-state index in [0.29, 0.717) is 11.9 Å². The number of nitrogens with zero attached hydrogens (tertiary/aromatic N) is 4. The molecule has 0 bridgehead atoms. The lowest BCUT2D eigenvalue weighted by molar-refractivity contribution is 0.235. The first kappa shape index (κ1) is 12.9.